The van der Waals surface area contributed by atoms with Gasteiger partial charge in [0.25, 0.3) is 0 Å². The average Bonchev–Trinajstić information content (AvgIpc) is 3.45. The molecule has 2 aliphatic rings. The van der Waals surface area contributed by atoms with Crippen molar-refractivity contribution < 1.29 is 9.59 Å². The molecule has 148 valence electrons. The van der Waals surface area contributed by atoms with Crippen LogP contribution in [0.5, 0.6) is 0 Å². The number of anilines is 1. The first-order valence-electron chi connectivity index (χ1n) is 9.74. The highest BCUT2D eigenvalue weighted by Gasteiger charge is 2.35. The lowest BCUT2D eigenvalue weighted by molar-refractivity contribution is -0.131. The summed E-state index contributed by atoms with van der Waals surface area (Å²) in [7, 11) is 0. The monoisotopic (exact) mass is 416 g/mol. The Morgan fingerprint density at radius 3 is 2.75 bits per heavy atom. The fourth-order valence-corrected chi connectivity index (χ4v) is 5.62. The van der Waals surface area contributed by atoms with Crippen molar-refractivity contribution in [3.05, 3.63) is 35.4 Å². The maximum Gasteiger partial charge on any atom is 0.236 e. The molecule has 1 aliphatic carbocycles. The van der Waals surface area contributed by atoms with Crippen molar-refractivity contribution in [2.24, 2.45) is 0 Å². The molecule has 4 rings (SSSR count). The minimum Gasteiger partial charge on any atom is -0.337 e. The van der Waals surface area contributed by atoms with Gasteiger partial charge < -0.3 is 4.90 Å². The zero-order chi connectivity index (χ0) is 19.7. The molecule has 1 atom stereocenters. The van der Waals surface area contributed by atoms with Gasteiger partial charge in [0.05, 0.1) is 5.25 Å². The third kappa shape index (κ3) is 4.07. The zero-order valence-corrected chi connectivity index (χ0v) is 17.8. The molecule has 28 heavy (non-hydrogen) atoms. The van der Waals surface area contributed by atoms with Gasteiger partial charge >= 0.3 is 0 Å². The van der Waals surface area contributed by atoms with Gasteiger partial charge in [-0.2, -0.15) is 0 Å². The van der Waals surface area contributed by atoms with E-state index in [-0.39, 0.29) is 23.1 Å². The van der Waals surface area contributed by atoms with E-state index in [0.717, 1.165) is 30.1 Å². The van der Waals surface area contributed by atoms with Gasteiger partial charge in [0.2, 0.25) is 16.9 Å². The minimum atomic E-state index is -0.234. The van der Waals surface area contributed by atoms with Crippen molar-refractivity contribution in [1.82, 2.24) is 15.1 Å². The summed E-state index contributed by atoms with van der Waals surface area (Å²) in [6.07, 6.45) is 3.42. The van der Waals surface area contributed by atoms with Gasteiger partial charge in [0.15, 0.2) is 4.34 Å². The first-order valence-corrected chi connectivity index (χ1v) is 11.4. The molecule has 8 heteroatoms. The van der Waals surface area contributed by atoms with Crippen LogP contribution in [0, 0.1) is 0 Å². The number of carbonyl (C=O) groups is 2. The van der Waals surface area contributed by atoms with E-state index >= 15 is 0 Å². The molecule has 2 heterocycles. The van der Waals surface area contributed by atoms with Crippen molar-refractivity contribution >= 4 is 40.0 Å². The smallest absolute Gasteiger partial charge is 0.236 e. The average molecular weight is 417 g/mol. The Kier molecular flexibility index (Phi) is 5.68. The van der Waals surface area contributed by atoms with E-state index in [1.807, 2.05) is 24.8 Å². The highest BCUT2D eigenvalue weighted by atomic mass is 32.2. The molecule has 0 saturated heterocycles. The molecular formula is C20H24N4O2S2. The third-order valence-electron chi connectivity index (χ3n) is 5.15. The van der Waals surface area contributed by atoms with Crippen molar-refractivity contribution in [1.29, 1.82) is 0 Å². The van der Waals surface area contributed by atoms with E-state index < -0.39 is 0 Å². The molecule has 2 aromatic rings. The summed E-state index contributed by atoms with van der Waals surface area (Å²) in [4.78, 5) is 28.9. The Hall–Kier alpha value is -1.93. The van der Waals surface area contributed by atoms with Crippen molar-refractivity contribution in [2.75, 3.05) is 11.4 Å². The van der Waals surface area contributed by atoms with Crippen LogP contribution in [0.2, 0.25) is 0 Å². The van der Waals surface area contributed by atoms with Crippen LogP contribution in [0.25, 0.3) is 0 Å². The lowest BCUT2D eigenvalue weighted by atomic mass is 10.00. The van der Waals surface area contributed by atoms with Crippen LogP contribution >= 0.6 is 23.1 Å². The molecule has 1 unspecified atom stereocenters. The van der Waals surface area contributed by atoms with Gasteiger partial charge in [0.1, 0.15) is 0 Å². The van der Waals surface area contributed by atoms with Crippen LogP contribution in [0.4, 0.5) is 5.13 Å². The predicted molar refractivity (Wildman–Crippen MR) is 112 cm³/mol. The summed E-state index contributed by atoms with van der Waals surface area (Å²) < 4.78 is 0.739. The Morgan fingerprint density at radius 1 is 1.29 bits per heavy atom. The molecule has 6 nitrogen and oxygen atoms in total. The standard InChI is InChI=1S/C20H24N4O2S2/c1-3-17(25)24(16-8-9-16)19-21-22-20(28-19)27-13(2)18(26)23-11-10-14-6-4-5-7-15(14)12-23/h4-7,13,16H,3,8-12H2,1-2H3. The van der Waals surface area contributed by atoms with E-state index in [9.17, 15) is 9.59 Å². The topological polar surface area (TPSA) is 66.4 Å². The molecule has 1 aliphatic heterocycles. The summed E-state index contributed by atoms with van der Waals surface area (Å²) in [5.41, 5.74) is 2.57. The largest absolute Gasteiger partial charge is 0.337 e. The fourth-order valence-electron chi connectivity index (χ4n) is 3.46. The summed E-state index contributed by atoms with van der Waals surface area (Å²) in [6.45, 7) is 5.21. The predicted octanol–water partition coefficient (Wildman–Crippen LogP) is 3.51. The van der Waals surface area contributed by atoms with Gasteiger partial charge in [-0.25, -0.2) is 0 Å². The lowest BCUT2D eigenvalue weighted by Crippen LogP contribution is -2.40. The van der Waals surface area contributed by atoms with Gasteiger partial charge in [-0.3, -0.25) is 14.5 Å². The Morgan fingerprint density at radius 2 is 2.04 bits per heavy atom. The summed E-state index contributed by atoms with van der Waals surface area (Å²) in [5.74, 6) is 0.214. The van der Waals surface area contributed by atoms with Crippen LogP contribution in [-0.4, -0.2) is 44.7 Å². The zero-order valence-electron chi connectivity index (χ0n) is 16.1. The van der Waals surface area contributed by atoms with Crippen LogP contribution < -0.4 is 4.90 Å². The number of aromatic nitrogens is 2. The number of benzene rings is 1. The minimum absolute atomic E-state index is 0.0892. The Balaban J connectivity index is 1.40. The maximum absolute atomic E-state index is 12.9. The first kappa shape index (κ1) is 19.4. The number of hydrogen-bond acceptors (Lipinski definition) is 6. The van der Waals surface area contributed by atoms with Crippen molar-refractivity contribution in [3.8, 4) is 0 Å². The van der Waals surface area contributed by atoms with Crippen LogP contribution in [0.1, 0.15) is 44.2 Å². The van der Waals surface area contributed by atoms with Gasteiger partial charge in [0, 0.05) is 25.6 Å². The van der Waals surface area contributed by atoms with E-state index in [1.54, 1.807) is 4.90 Å². The lowest BCUT2D eigenvalue weighted by Gasteiger charge is -2.30. The van der Waals surface area contributed by atoms with Gasteiger partial charge in [-0.1, -0.05) is 54.3 Å². The number of fused-ring (bicyclic) bond motifs is 1. The number of thioether (sulfide) groups is 1. The van der Waals surface area contributed by atoms with E-state index in [4.69, 9.17) is 0 Å². The number of carbonyl (C=O) groups excluding carboxylic acids is 2. The summed E-state index contributed by atoms with van der Waals surface area (Å²) in [6, 6.07) is 8.58. The fraction of sp³-hybridized carbons (Fsp3) is 0.500. The molecule has 0 N–H and O–H groups in total. The highest BCUT2D eigenvalue weighted by molar-refractivity contribution is 8.02. The number of nitrogens with zero attached hydrogens (tertiary/aromatic N) is 4. The van der Waals surface area contributed by atoms with Gasteiger partial charge in [-0.15, -0.1) is 10.2 Å². The number of rotatable bonds is 6. The van der Waals surface area contributed by atoms with E-state index in [2.05, 4.69) is 28.4 Å². The van der Waals surface area contributed by atoms with Crippen molar-refractivity contribution in [2.45, 2.75) is 61.7 Å². The highest BCUT2D eigenvalue weighted by Crippen LogP contribution is 2.37. The number of amides is 2. The van der Waals surface area contributed by atoms with Crippen LogP contribution in [0.15, 0.2) is 28.6 Å². The molecule has 0 radical (unpaired) electrons. The molecule has 1 aromatic carbocycles. The summed E-state index contributed by atoms with van der Waals surface area (Å²) in [5, 5.41) is 8.89. The van der Waals surface area contributed by atoms with E-state index in [0.29, 0.717) is 18.1 Å². The molecule has 1 saturated carbocycles. The molecule has 1 fully saturated rings. The first-order chi connectivity index (χ1) is 13.6. The Bertz CT molecular complexity index is 881. The second kappa shape index (κ2) is 8.21. The molecule has 0 bridgehead atoms. The van der Waals surface area contributed by atoms with E-state index in [1.165, 1.54) is 34.2 Å². The quantitative estimate of drug-likeness (QED) is 0.533. The van der Waals surface area contributed by atoms with Gasteiger partial charge in [-0.05, 0) is 37.3 Å². The number of hydrogen-bond donors (Lipinski definition) is 0. The SMILES string of the molecule is CCC(=O)N(c1nnc(SC(C)C(=O)N2CCc3ccccc3C2)s1)C1CC1. The Labute approximate surface area is 173 Å². The molecular weight excluding hydrogens is 392 g/mol. The molecule has 1 aromatic heterocycles. The van der Waals surface area contributed by atoms with Crippen LogP contribution in [0.3, 0.4) is 0 Å². The normalized spacial score (nSPS) is 17.1. The second-order valence-electron chi connectivity index (χ2n) is 7.24. The summed E-state index contributed by atoms with van der Waals surface area (Å²) >= 11 is 2.84. The van der Waals surface area contributed by atoms with Crippen LogP contribution in [-0.2, 0) is 22.6 Å². The second-order valence-corrected chi connectivity index (χ2v) is 9.78. The maximum atomic E-state index is 12.9. The van der Waals surface area contributed by atoms with Crippen molar-refractivity contribution in [3.63, 3.8) is 0 Å². The molecule has 2 amide bonds. The molecule has 0 spiro atoms. The third-order valence-corrected chi connectivity index (χ3v) is 7.25.